The van der Waals surface area contributed by atoms with Crippen LogP contribution in [0, 0.1) is 6.92 Å². The topological polar surface area (TPSA) is 17.0 Å². The summed E-state index contributed by atoms with van der Waals surface area (Å²) in [6.45, 7) is 2.23. The fraction of sp³-hybridized carbons (Fsp3) is 0.150. The van der Waals surface area contributed by atoms with E-state index in [0.717, 1.165) is 17.6 Å². The fourth-order valence-electron chi connectivity index (χ4n) is 3.89. The van der Waals surface area contributed by atoms with Gasteiger partial charge in [0.05, 0.1) is 5.39 Å². The number of hydrogen-bond acceptors (Lipinski definition) is 1. The van der Waals surface area contributed by atoms with Crippen molar-refractivity contribution in [1.82, 2.24) is 0 Å². The first-order valence-electron chi connectivity index (χ1n) is 7.65. The molecule has 0 fully saturated rings. The Bertz CT molecular complexity index is 1070. The van der Waals surface area contributed by atoms with E-state index in [9.17, 15) is 0 Å². The van der Waals surface area contributed by atoms with Crippen molar-refractivity contribution in [2.75, 3.05) is 0 Å². The van der Waals surface area contributed by atoms with E-state index in [1.165, 1.54) is 38.7 Å². The van der Waals surface area contributed by atoms with Crippen LogP contribution < -0.4 is 4.57 Å². The van der Waals surface area contributed by atoms with Gasteiger partial charge in [-0.25, -0.2) is 0 Å². The van der Waals surface area contributed by atoms with Gasteiger partial charge in [0.25, 0.3) is 5.52 Å². The third-order valence-electron chi connectivity index (χ3n) is 4.95. The van der Waals surface area contributed by atoms with Crippen molar-refractivity contribution < 1.29 is 8.98 Å². The van der Waals surface area contributed by atoms with Crippen LogP contribution in [0.1, 0.15) is 16.7 Å². The Balaban J connectivity index is 1.96. The number of hydrogen-bond donors (Lipinski definition) is 0. The molecule has 5 rings (SSSR count). The minimum absolute atomic E-state index is 0.958. The Morgan fingerprint density at radius 1 is 1.00 bits per heavy atom. The Morgan fingerprint density at radius 2 is 1.86 bits per heavy atom. The minimum Gasteiger partial charge on any atom is -0.449 e. The molecule has 4 aromatic rings. The summed E-state index contributed by atoms with van der Waals surface area (Å²) in [5.41, 5.74) is 10.0. The highest BCUT2D eigenvalue weighted by Gasteiger charge is 2.26. The molecule has 2 aromatic heterocycles. The molecule has 0 radical (unpaired) electrons. The molecule has 0 spiro atoms. The van der Waals surface area contributed by atoms with Gasteiger partial charge in [-0.1, -0.05) is 24.3 Å². The first kappa shape index (κ1) is 12.0. The molecule has 0 amide bonds. The number of fused-ring (bicyclic) bond motifs is 6. The van der Waals surface area contributed by atoms with Gasteiger partial charge in [-0.3, -0.25) is 0 Å². The predicted octanol–water partition coefficient (Wildman–Crippen LogP) is 4.29. The number of aryl methyl sites for hydroxylation is 2. The number of rotatable bonds is 0. The highest BCUT2D eigenvalue weighted by molar-refractivity contribution is 6.05. The quantitative estimate of drug-likeness (QED) is 0.388. The van der Waals surface area contributed by atoms with Crippen molar-refractivity contribution in [1.29, 1.82) is 0 Å². The summed E-state index contributed by atoms with van der Waals surface area (Å²) >= 11 is 0. The SMILES string of the molecule is Cc1c2c(cc3oc4ccc[n+](C)c4c13)-c1ccccc1C2. The molecule has 0 aliphatic heterocycles. The molecule has 0 bridgehead atoms. The summed E-state index contributed by atoms with van der Waals surface area (Å²) in [6.07, 6.45) is 3.11. The van der Waals surface area contributed by atoms with E-state index in [0.29, 0.717) is 0 Å². The van der Waals surface area contributed by atoms with Crippen LogP contribution in [0.25, 0.3) is 33.2 Å². The molecular formula is C20H16NO+. The van der Waals surface area contributed by atoms with Gasteiger partial charge in [0.1, 0.15) is 12.6 Å². The van der Waals surface area contributed by atoms with Crippen molar-refractivity contribution in [3.8, 4) is 11.1 Å². The van der Waals surface area contributed by atoms with E-state index < -0.39 is 0 Å². The minimum atomic E-state index is 0.958. The monoisotopic (exact) mass is 286 g/mol. The second-order valence-electron chi connectivity index (χ2n) is 6.17. The highest BCUT2D eigenvalue weighted by Crippen LogP contribution is 2.43. The third kappa shape index (κ3) is 1.37. The first-order valence-corrected chi connectivity index (χ1v) is 7.65. The molecule has 0 unspecified atom stereocenters. The van der Waals surface area contributed by atoms with Gasteiger partial charge in [0.2, 0.25) is 0 Å². The Labute approximate surface area is 128 Å². The molecule has 0 saturated carbocycles. The van der Waals surface area contributed by atoms with Gasteiger partial charge in [-0.15, -0.1) is 0 Å². The zero-order chi connectivity index (χ0) is 14.8. The van der Waals surface area contributed by atoms with Gasteiger partial charge in [-0.2, -0.15) is 4.57 Å². The molecule has 0 atom stereocenters. The number of benzene rings is 2. The van der Waals surface area contributed by atoms with Gasteiger partial charge in [0.15, 0.2) is 11.8 Å². The van der Waals surface area contributed by atoms with Crippen molar-refractivity contribution in [2.45, 2.75) is 13.3 Å². The largest absolute Gasteiger partial charge is 0.449 e. The lowest BCUT2D eigenvalue weighted by atomic mass is 9.98. The zero-order valence-electron chi connectivity index (χ0n) is 12.7. The van der Waals surface area contributed by atoms with Gasteiger partial charge in [-0.05, 0) is 53.3 Å². The lowest BCUT2D eigenvalue weighted by molar-refractivity contribution is -0.644. The second-order valence-corrected chi connectivity index (χ2v) is 6.17. The molecule has 1 aliphatic rings. The smallest absolute Gasteiger partial charge is 0.259 e. The molecule has 2 heterocycles. The molecule has 22 heavy (non-hydrogen) atoms. The van der Waals surface area contributed by atoms with E-state index in [-0.39, 0.29) is 0 Å². The molecule has 106 valence electrons. The Kier molecular flexibility index (Phi) is 2.17. The first-order chi connectivity index (χ1) is 10.7. The number of furan rings is 1. The van der Waals surface area contributed by atoms with Crippen LogP contribution in [0.15, 0.2) is 53.1 Å². The summed E-state index contributed by atoms with van der Waals surface area (Å²) in [4.78, 5) is 0. The molecule has 0 N–H and O–H groups in total. The van der Waals surface area contributed by atoms with Gasteiger partial charge < -0.3 is 4.42 Å². The lowest BCUT2D eigenvalue weighted by Gasteiger charge is -2.05. The van der Waals surface area contributed by atoms with Gasteiger partial charge >= 0.3 is 0 Å². The average molecular weight is 286 g/mol. The second kappa shape index (κ2) is 3.98. The van der Waals surface area contributed by atoms with E-state index in [2.05, 4.69) is 55.1 Å². The normalized spacial score (nSPS) is 12.8. The van der Waals surface area contributed by atoms with Crippen LogP contribution in [0.3, 0.4) is 0 Å². The van der Waals surface area contributed by atoms with Crippen molar-refractivity contribution in [3.05, 3.63) is 65.4 Å². The van der Waals surface area contributed by atoms with E-state index in [4.69, 9.17) is 4.42 Å². The maximum Gasteiger partial charge on any atom is 0.259 e. The molecule has 1 aliphatic carbocycles. The fourth-order valence-corrected chi connectivity index (χ4v) is 3.89. The van der Waals surface area contributed by atoms with Crippen LogP contribution in [0.5, 0.6) is 0 Å². The van der Waals surface area contributed by atoms with E-state index in [1.807, 2.05) is 12.1 Å². The van der Waals surface area contributed by atoms with Crippen LogP contribution in [0.2, 0.25) is 0 Å². The van der Waals surface area contributed by atoms with Crippen LogP contribution >= 0.6 is 0 Å². The summed E-state index contributed by atoms with van der Waals surface area (Å²) in [5, 5.41) is 1.25. The summed E-state index contributed by atoms with van der Waals surface area (Å²) < 4.78 is 8.29. The Hall–Kier alpha value is -2.61. The number of pyridine rings is 1. The van der Waals surface area contributed by atoms with Crippen molar-refractivity contribution >= 4 is 22.1 Å². The molecule has 2 nitrogen and oxygen atoms in total. The number of aromatic nitrogens is 1. The number of nitrogens with zero attached hydrogens (tertiary/aromatic N) is 1. The molecule has 0 saturated heterocycles. The standard InChI is InChI=1S/C20H16NO/c1-12-15-10-13-6-3-4-7-14(13)16(15)11-18-19(12)20-17(22-18)8-5-9-21(20)2/h3-9,11H,10H2,1-2H3/q+1. The summed E-state index contributed by atoms with van der Waals surface area (Å²) in [7, 11) is 2.08. The Morgan fingerprint density at radius 3 is 2.77 bits per heavy atom. The summed E-state index contributed by atoms with van der Waals surface area (Å²) in [5.74, 6) is 0. The molecule has 2 aromatic carbocycles. The zero-order valence-corrected chi connectivity index (χ0v) is 12.7. The highest BCUT2D eigenvalue weighted by atomic mass is 16.3. The molecule has 2 heteroatoms. The molecular weight excluding hydrogens is 270 g/mol. The van der Waals surface area contributed by atoms with Crippen LogP contribution in [-0.4, -0.2) is 0 Å². The summed E-state index contributed by atoms with van der Waals surface area (Å²) in [6, 6.07) is 15.0. The average Bonchev–Trinajstić information content (AvgIpc) is 3.07. The van der Waals surface area contributed by atoms with Crippen LogP contribution in [-0.2, 0) is 13.5 Å². The van der Waals surface area contributed by atoms with Crippen molar-refractivity contribution in [3.63, 3.8) is 0 Å². The third-order valence-corrected chi connectivity index (χ3v) is 4.95. The van der Waals surface area contributed by atoms with Crippen LogP contribution in [0.4, 0.5) is 0 Å². The van der Waals surface area contributed by atoms with Crippen molar-refractivity contribution in [2.24, 2.45) is 7.05 Å². The van der Waals surface area contributed by atoms with Gasteiger partial charge in [0, 0.05) is 6.07 Å². The van der Waals surface area contributed by atoms with E-state index >= 15 is 0 Å². The maximum atomic E-state index is 6.13. The maximum absolute atomic E-state index is 6.13. The lowest BCUT2D eigenvalue weighted by Crippen LogP contribution is -2.27. The predicted molar refractivity (Wildman–Crippen MR) is 87.9 cm³/mol. The van der Waals surface area contributed by atoms with E-state index in [1.54, 1.807) is 0 Å².